The Hall–Kier alpha value is -2.24. The van der Waals surface area contributed by atoms with Gasteiger partial charge in [0.1, 0.15) is 12.0 Å². The lowest BCUT2D eigenvalue weighted by Gasteiger charge is -2.00. The van der Waals surface area contributed by atoms with Gasteiger partial charge in [0, 0.05) is 5.69 Å². The molecule has 2 aromatic rings. The van der Waals surface area contributed by atoms with Crippen molar-refractivity contribution in [2.45, 2.75) is 6.92 Å². The summed E-state index contributed by atoms with van der Waals surface area (Å²) in [5.74, 6) is -1.05. The highest BCUT2D eigenvalue weighted by Crippen LogP contribution is 2.09. The first-order valence-electron chi connectivity index (χ1n) is 4.24. The van der Waals surface area contributed by atoms with Gasteiger partial charge in [-0.15, -0.1) is 0 Å². The summed E-state index contributed by atoms with van der Waals surface area (Å²) in [5, 5.41) is 12.7. The molecule has 0 saturated heterocycles. The molecule has 6 nitrogen and oxygen atoms in total. The van der Waals surface area contributed by atoms with E-state index >= 15 is 0 Å². The summed E-state index contributed by atoms with van der Waals surface area (Å²) in [6.07, 6.45) is 4.54. The van der Waals surface area contributed by atoms with Crippen molar-refractivity contribution >= 4 is 5.97 Å². The fourth-order valence-electron chi connectivity index (χ4n) is 1.24. The van der Waals surface area contributed by atoms with E-state index in [9.17, 15) is 4.79 Å². The Labute approximate surface area is 85.2 Å². The number of nitrogens with zero attached hydrogens (tertiary/aromatic N) is 4. The van der Waals surface area contributed by atoms with Crippen molar-refractivity contribution in [2.75, 3.05) is 0 Å². The summed E-state index contributed by atoms with van der Waals surface area (Å²) in [4.78, 5) is 18.4. The van der Waals surface area contributed by atoms with E-state index in [1.54, 1.807) is 19.3 Å². The third-order valence-corrected chi connectivity index (χ3v) is 1.90. The summed E-state index contributed by atoms with van der Waals surface area (Å²) in [6, 6.07) is 1.50. The fraction of sp³-hybridized carbons (Fsp3) is 0.111. The van der Waals surface area contributed by atoms with Gasteiger partial charge in [-0.1, -0.05) is 0 Å². The van der Waals surface area contributed by atoms with Crippen molar-refractivity contribution in [1.29, 1.82) is 0 Å². The maximum absolute atomic E-state index is 10.7. The van der Waals surface area contributed by atoms with Gasteiger partial charge in [-0.05, 0) is 13.0 Å². The summed E-state index contributed by atoms with van der Waals surface area (Å²) in [5.41, 5.74) is 1.38. The molecule has 2 rings (SSSR count). The highest BCUT2D eigenvalue weighted by Gasteiger charge is 2.11. The van der Waals surface area contributed by atoms with Gasteiger partial charge in [-0.3, -0.25) is 0 Å². The topological polar surface area (TPSA) is 80.9 Å². The summed E-state index contributed by atoms with van der Waals surface area (Å²) >= 11 is 0. The molecule has 0 saturated carbocycles. The minimum Gasteiger partial charge on any atom is -0.476 e. The first-order chi connectivity index (χ1) is 7.18. The van der Waals surface area contributed by atoms with Crippen molar-refractivity contribution < 1.29 is 9.90 Å². The summed E-state index contributed by atoms with van der Waals surface area (Å²) in [6.45, 7) is 1.77. The first-order valence-corrected chi connectivity index (χ1v) is 4.24. The van der Waals surface area contributed by atoms with E-state index in [4.69, 9.17) is 5.11 Å². The number of aromatic nitrogens is 4. The predicted octanol–water partition coefficient (Wildman–Crippen LogP) is 0.669. The largest absolute Gasteiger partial charge is 0.476 e. The zero-order chi connectivity index (χ0) is 10.8. The van der Waals surface area contributed by atoms with Gasteiger partial charge in [-0.25, -0.2) is 19.4 Å². The molecule has 0 aromatic carbocycles. The minimum atomic E-state index is -1.05. The van der Waals surface area contributed by atoms with Crippen molar-refractivity contribution in [1.82, 2.24) is 19.7 Å². The van der Waals surface area contributed by atoms with E-state index in [1.165, 1.54) is 17.1 Å². The number of carboxylic acid groups (broad SMARTS) is 1. The lowest BCUT2D eigenvalue weighted by molar-refractivity contribution is 0.0690. The minimum absolute atomic E-state index is 0.0105. The number of carboxylic acids is 1. The van der Waals surface area contributed by atoms with Gasteiger partial charge in [0.2, 0.25) is 0 Å². The van der Waals surface area contributed by atoms with Crippen molar-refractivity contribution in [3.05, 3.63) is 36.2 Å². The molecule has 0 aliphatic carbocycles. The van der Waals surface area contributed by atoms with Crippen LogP contribution in [0.3, 0.4) is 0 Å². The summed E-state index contributed by atoms with van der Waals surface area (Å²) < 4.78 is 1.49. The zero-order valence-electron chi connectivity index (χ0n) is 7.95. The van der Waals surface area contributed by atoms with Crippen LogP contribution in [0.25, 0.3) is 5.69 Å². The predicted molar refractivity (Wildman–Crippen MR) is 50.9 cm³/mol. The highest BCUT2D eigenvalue weighted by atomic mass is 16.4. The molecule has 2 aromatic heterocycles. The summed E-state index contributed by atoms with van der Waals surface area (Å²) in [7, 11) is 0. The van der Waals surface area contributed by atoms with E-state index in [0.29, 0.717) is 5.69 Å². The molecule has 0 amide bonds. The Balaban J connectivity index is 2.50. The van der Waals surface area contributed by atoms with E-state index in [2.05, 4.69) is 15.1 Å². The van der Waals surface area contributed by atoms with E-state index in [0.717, 1.165) is 5.69 Å². The second-order valence-corrected chi connectivity index (χ2v) is 2.98. The maximum Gasteiger partial charge on any atom is 0.356 e. The van der Waals surface area contributed by atoms with E-state index in [1.807, 2.05) is 0 Å². The van der Waals surface area contributed by atoms with Crippen LogP contribution < -0.4 is 0 Å². The van der Waals surface area contributed by atoms with Crippen molar-refractivity contribution in [2.24, 2.45) is 0 Å². The van der Waals surface area contributed by atoms with E-state index in [-0.39, 0.29) is 5.69 Å². The molecule has 0 spiro atoms. The van der Waals surface area contributed by atoms with Crippen LogP contribution >= 0.6 is 0 Å². The number of aromatic carboxylic acids is 1. The molecule has 0 radical (unpaired) electrons. The van der Waals surface area contributed by atoms with Crippen molar-refractivity contribution in [3.8, 4) is 5.69 Å². The van der Waals surface area contributed by atoms with Crippen LogP contribution in [0.1, 0.15) is 16.2 Å². The number of rotatable bonds is 2. The van der Waals surface area contributed by atoms with Gasteiger partial charge in [-0.2, -0.15) is 5.10 Å². The normalized spacial score (nSPS) is 10.2. The molecule has 0 bridgehead atoms. The molecule has 1 N–H and O–H groups in total. The average Bonchev–Trinajstić information content (AvgIpc) is 2.62. The smallest absolute Gasteiger partial charge is 0.356 e. The Bertz CT molecular complexity index is 492. The standard InChI is InChI=1S/C9H8N4O2/c1-6-2-8(9(14)15)12-13(6)7-3-10-5-11-4-7/h2-5H,1H3,(H,14,15). The van der Waals surface area contributed by atoms with Crippen LogP contribution in [0, 0.1) is 6.92 Å². The monoisotopic (exact) mass is 204 g/mol. The molecule has 0 atom stereocenters. The molecule has 2 heterocycles. The number of aryl methyl sites for hydroxylation is 1. The third-order valence-electron chi connectivity index (χ3n) is 1.90. The molecule has 76 valence electrons. The highest BCUT2D eigenvalue weighted by molar-refractivity contribution is 5.85. The van der Waals surface area contributed by atoms with Gasteiger partial charge >= 0.3 is 5.97 Å². The SMILES string of the molecule is Cc1cc(C(=O)O)nn1-c1cncnc1. The first kappa shape index (κ1) is 9.32. The van der Waals surface area contributed by atoms with Gasteiger partial charge in [0.05, 0.1) is 12.4 Å². The van der Waals surface area contributed by atoms with Gasteiger partial charge in [0.15, 0.2) is 5.69 Å². The molecular formula is C9H8N4O2. The average molecular weight is 204 g/mol. The molecule has 0 aliphatic rings. The van der Waals surface area contributed by atoms with Gasteiger partial charge in [0.25, 0.3) is 0 Å². The van der Waals surface area contributed by atoms with Crippen LogP contribution in [0.15, 0.2) is 24.8 Å². The lowest BCUT2D eigenvalue weighted by Crippen LogP contribution is -2.02. The van der Waals surface area contributed by atoms with Crippen LogP contribution in [0.5, 0.6) is 0 Å². The number of carbonyl (C=O) groups is 1. The fourth-order valence-corrected chi connectivity index (χ4v) is 1.24. The molecule has 6 heteroatoms. The second kappa shape index (κ2) is 3.49. The second-order valence-electron chi connectivity index (χ2n) is 2.98. The van der Waals surface area contributed by atoms with Crippen molar-refractivity contribution in [3.63, 3.8) is 0 Å². The molecule has 0 aliphatic heterocycles. The van der Waals surface area contributed by atoms with Crippen LogP contribution in [-0.4, -0.2) is 30.8 Å². The zero-order valence-corrected chi connectivity index (χ0v) is 7.95. The Morgan fingerprint density at radius 3 is 2.60 bits per heavy atom. The maximum atomic E-state index is 10.7. The van der Waals surface area contributed by atoms with Crippen LogP contribution in [0.4, 0.5) is 0 Å². The van der Waals surface area contributed by atoms with E-state index < -0.39 is 5.97 Å². The van der Waals surface area contributed by atoms with Gasteiger partial charge < -0.3 is 5.11 Å². The molecular weight excluding hydrogens is 196 g/mol. The van der Waals surface area contributed by atoms with Crippen LogP contribution in [-0.2, 0) is 0 Å². The molecule has 0 fully saturated rings. The molecule has 0 unspecified atom stereocenters. The quantitative estimate of drug-likeness (QED) is 0.777. The van der Waals surface area contributed by atoms with Crippen LogP contribution in [0.2, 0.25) is 0 Å². The Kier molecular flexibility index (Phi) is 2.17. The Morgan fingerprint density at radius 2 is 2.07 bits per heavy atom. The Morgan fingerprint density at radius 1 is 1.40 bits per heavy atom. The number of hydrogen-bond donors (Lipinski definition) is 1. The third kappa shape index (κ3) is 1.69. The lowest BCUT2D eigenvalue weighted by atomic mass is 10.4. The molecule has 15 heavy (non-hydrogen) atoms. The number of hydrogen-bond acceptors (Lipinski definition) is 4.